The SMILES string of the molecule is Cc1ccc(C(C)NC2CCCOC2)c(O)c1. The number of nitrogens with one attached hydrogen (secondary N) is 1. The summed E-state index contributed by atoms with van der Waals surface area (Å²) in [5.74, 6) is 0.377. The van der Waals surface area contributed by atoms with Gasteiger partial charge in [-0.1, -0.05) is 12.1 Å². The van der Waals surface area contributed by atoms with E-state index in [4.69, 9.17) is 4.74 Å². The Morgan fingerprint density at radius 3 is 2.94 bits per heavy atom. The van der Waals surface area contributed by atoms with E-state index in [1.807, 2.05) is 25.1 Å². The van der Waals surface area contributed by atoms with Crippen LogP contribution in [-0.4, -0.2) is 24.4 Å². The molecule has 3 nitrogen and oxygen atoms in total. The zero-order valence-electron chi connectivity index (χ0n) is 10.6. The molecule has 94 valence electrons. The zero-order chi connectivity index (χ0) is 12.3. The van der Waals surface area contributed by atoms with Gasteiger partial charge in [-0.3, -0.25) is 0 Å². The highest BCUT2D eigenvalue weighted by atomic mass is 16.5. The molecule has 3 heteroatoms. The highest BCUT2D eigenvalue weighted by molar-refractivity contribution is 5.37. The van der Waals surface area contributed by atoms with Crippen molar-refractivity contribution >= 4 is 0 Å². The molecule has 0 amide bonds. The number of hydrogen-bond acceptors (Lipinski definition) is 3. The van der Waals surface area contributed by atoms with Crippen molar-refractivity contribution in [3.05, 3.63) is 29.3 Å². The monoisotopic (exact) mass is 235 g/mol. The molecule has 2 N–H and O–H groups in total. The largest absolute Gasteiger partial charge is 0.508 e. The van der Waals surface area contributed by atoms with Crippen molar-refractivity contribution in [1.29, 1.82) is 0 Å². The van der Waals surface area contributed by atoms with Crippen molar-refractivity contribution < 1.29 is 9.84 Å². The summed E-state index contributed by atoms with van der Waals surface area (Å²) >= 11 is 0. The van der Waals surface area contributed by atoms with Gasteiger partial charge in [0.15, 0.2) is 0 Å². The van der Waals surface area contributed by atoms with E-state index in [0.717, 1.165) is 37.2 Å². The van der Waals surface area contributed by atoms with Gasteiger partial charge in [0.2, 0.25) is 0 Å². The van der Waals surface area contributed by atoms with E-state index < -0.39 is 0 Å². The van der Waals surface area contributed by atoms with E-state index in [1.165, 1.54) is 0 Å². The summed E-state index contributed by atoms with van der Waals surface area (Å²) in [6.45, 7) is 5.72. The van der Waals surface area contributed by atoms with E-state index in [2.05, 4.69) is 12.2 Å². The van der Waals surface area contributed by atoms with E-state index in [-0.39, 0.29) is 6.04 Å². The Bertz CT molecular complexity index is 372. The highest BCUT2D eigenvalue weighted by Gasteiger charge is 2.18. The fourth-order valence-electron chi connectivity index (χ4n) is 2.34. The topological polar surface area (TPSA) is 41.5 Å². The van der Waals surface area contributed by atoms with Crippen molar-refractivity contribution in [3.63, 3.8) is 0 Å². The Morgan fingerprint density at radius 2 is 2.29 bits per heavy atom. The maximum absolute atomic E-state index is 9.92. The summed E-state index contributed by atoms with van der Waals surface area (Å²) in [6.07, 6.45) is 2.27. The van der Waals surface area contributed by atoms with Crippen LogP contribution in [-0.2, 0) is 4.74 Å². The molecule has 1 saturated heterocycles. The number of benzene rings is 1. The highest BCUT2D eigenvalue weighted by Crippen LogP contribution is 2.25. The second-order valence-corrected chi connectivity index (χ2v) is 4.86. The Kier molecular flexibility index (Phi) is 4.02. The lowest BCUT2D eigenvalue weighted by Crippen LogP contribution is -2.38. The molecule has 2 unspecified atom stereocenters. The van der Waals surface area contributed by atoms with Crippen molar-refractivity contribution in [2.45, 2.75) is 38.8 Å². The molecular weight excluding hydrogens is 214 g/mol. The van der Waals surface area contributed by atoms with Crippen LogP contribution in [0.3, 0.4) is 0 Å². The average molecular weight is 235 g/mol. The third kappa shape index (κ3) is 3.20. The minimum atomic E-state index is 0.155. The smallest absolute Gasteiger partial charge is 0.120 e. The van der Waals surface area contributed by atoms with Crippen LogP contribution in [0.5, 0.6) is 5.75 Å². The van der Waals surface area contributed by atoms with Gasteiger partial charge in [-0.2, -0.15) is 0 Å². The van der Waals surface area contributed by atoms with Gasteiger partial charge in [-0.05, 0) is 38.3 Å². The zero-order valence-corrected chi connectivity index (χ0v) is 10.6. The summed E-state index contributed by atoms with van der Waals surface area (Å²) in [4.78, 5) is 0. The van der Waals surface area contributed by atoms with Crippen molar-refractivity contribution in [3.8, 4) is 5.75 Å². The summed E-state index contributed by atoms with van der Waals surface area (Å²) < 4.78 is 5.44. The first kappa shape index (κ1) is 12.4. The number of hydrogen-bond donors (Lipinski definition) is 2. The van der Waals surface area contributed by atoms with Gasteiger partial charge in [0, 0.05) is 24.3 Å². The number of phenolic OH excluding ortho intramolecular Hbond substituents is 1. The molecular formula is C14H21NO2. The number of aromatic hydroxyl groups is 1. The van der Waals surface area contributed by atoms with Crippen molar-refractivity contribution in [1.82, 2.24) is 5.32 Å². The van der Waals surface area contributed by atoms with Crippen LogP contribution >= 0.6 is 0 Å². The minimum Gasteiger partial charge on any atom is -0.508 e. The third-order valence-electron chi connectivity index (χ3n) is 3.30. The summed E-state index contributed by atoms with van der Waals surface area (Å²) in [5.41, 5.74) is 2.04. The van der Waals surface area contributed by atoms with Crippen molar-refractivity contribution in [2.75, 3.05) is 13.2 Å². The summed E-state index contributed by atoms with van der Waals surface area (Å²) in [5, 5.41) is 13.4. The van der Waals surface area contributed by atoms with Crippen molar-refractivity contribution in [2.24, 2.45) is 0 Å². The molecule has 1 aliphatic rings. The molecule has 0 radical (unpaired) electrons. The number of aryl methyl sites for hydroxylation is 1. The molecule has 1 aromatic carbocycles. The van der Waals surface area contributed by atoms with Gasteiger partial charge in [0.25, 0.3) is 0 Å². The van der Waals surface area contributed by atoms with Crippen LogP contribution < -0.4 is 5.32 Å². The fraction of sp³-hybridized carbons (Fsp3) is 0.571. The van der Waals surface area contributed by atoms with E-state index in [0.29, 0.717) is 11.8 Å². The summed E-state index contributed by atoms with van der Waals surface area (Å²) in [6, 6.07) is 6.39. The molecule has 17 heavy (non-hydrogen) atoms. The minimum absolute atomic E-state index is 0.155. The van der Waals surface area contributed by atoms with E-state index in [9.17, 15) is 5.11 Å². The fourth-order valence-corrected chi connectivity index (χ4v) is 2.34. The Labute approximate surface area is 103 Å². The van der Waals surface area contributed by atoms with Crippen LogP contribution in [0.2, 0.25) is 0 Å². The summed E-state index contributed by atoms with van der Waals surface area (Å²) in [7, 11) is 0. The van der Waals surface area contributed by atoms with Gasteiger partial charge in [-0.25, -0.2) is 0 Å². The third-order valence-corrected chi connectivity index (χ3v) is 3.30. The van der Waals surface area contributed by atoms with E-state index in [1.54, 1.807) is 0 Å². The molecule has 1 heterocycles. The quantitative estimate of drug-likeness (QED) is 0.846. The second kappa shape index (κ2) is 5.52. The maximum atomic E-state index is 9.92. The van der Waals surface area contributed by atoms with Crippen LogP contribution in [0.1, 0.15) is 36.9 Å². The average Bonchev–Trinajstić information content (AvgIpc) is 2.30. The predicted molar refractivity (Wildman–Crippen MR) is 68.2 cm³/mol. The predicted octanol–water partition coefficient (Wildman–Crippen LogP) is 2.53. The lowest BCUT2D eigenvalue weighted by atomic mass is 10.0. The molecule has 0 bridgehead atoms. The van der Waals surface area contributed by atoms with Gasteiger partial charge < -0.3 is 15.2 Å². The first-order valence-electron chi connectivity index (χ1n) is 6.30. The van der Waals surface area contributed by atoms with Crippen LogP contribution in [0, 0.1) is 6.92 Å². The second-order valence-electron chi connectivity index (χ2n) is 4.86. The number of rotatable bonds is 3. The molecule has 1 aromatic rings. The maximum Gasteiger partial charge on any atom is 0.120 e. The van der Waals surface area contributed by atoms with Gasteiger partial charge >= 0.3 is 0 Å². The molecule has 2 rings (SSSR count). The standard InChI is InChI=1S/C14H21NO2/c1-10-5-6-13(14(16)8-10)11(2)15-12-4-3-7-17-9-12/h5-6,8,11-12,15-16H,3-4,7,9H2,1-2H3. The van der Waals surface area contributed by atoms with E-state index >= 15 is 0 Å². The molecule has 0 aliphatic carbocycles. The Hall–Kier alpha value is -1.06. The first-order valence-corrected chi connectivity index (χ1v) is 6.30. The molecule has 0 spiro atoms. The first-order chi connectivity index (χ1) is 8.16. The molecule has 2 atom stereocenters. The Morgan fingerprint density at radius 1 is 1.47 bits per heavy atom. The molecule has 1 aliphatic heterocycles. The number of ether oxygens (including phenoxy) is 1. The normalized spacial score (nSPS) is 22.4. The molecule has 0 aromatic heterocycles. The van der Waals surface area contributed by atoms with Gasteiger partial charge in [0.05, 0.1) is 6.61 Å². The lowest BCUT2D eigenvalue weighted by molar-refractivity contribution is 0.0670. The van der Waals surface area contributed by atoms with Gasteiger partial charge in [-0.15, -0.1) is 0 Å². The number of phenols is 1. The van der Waals surface area contributed by atoms with Crippen LogP contribution in [0.15, 0.2) is 18.2 Å². The lowest BCUT2D eigenvalue weighted by Gasteiger charge is -2.27. The van der Waals surface area contributed by atoms with Crippen LogP contribution in [0.4, 0.5) is 0 Å². The Balaban J connectivity index is 2.00. The van der Waals surface area contributed by atoms with Gasteiger partial charge in [0.1, 0.15) is 5.75 Å². The molecule has 0 saturated carbocycles. The molecule has 1 fully saturated rings. The van der Waals surface area contributed by atoms with Crippen LogP contribution in [0.25, 0.3) is 0 Å².